The summed E-state index contributed by atoms with van der Waals surface area (Å²) in [5.74, 6) is 3.51. The van der Waals surface area contributed by atoms with Gasteiger partial charge in [0.15, 0.2) is 0 Å². The fraction of sp³-hybridized carbons (Fsp3) is 0.158. The second-order valence-electron chi connectivity index (χ2n) is 33.6. The van der Waals surface area contributed by atoms with Crippen LogP contribution in [-0.4, -0.2) is 137 Å². The van der Waals surface area contributed by atoms with Gasteiger partial charge in [-0.15, -0.1) is 0 Å². The molecule has 8 aliphatic heterocycles. The van der Waals surface area contributed by atoms with E-state index in [-0.39, 0.29) is 142 Å². The molecule has 16 aromatic rings. The summed E-state index contributed by atoms with van der Waals surface area (Å²) < 4.78 is 161. The fourth-order valence-corrected chi connectivity index (χ4v) is 29.3. The van der Waals surface area contributed by atoms with E-state index in [1.54, 1.807) is 97.3 Å². The Kier molecular flexibility index (Phi) is 32.1. The molecule has 0 atom stereocenters. The lowest BCUT2D eigenvalue weighted by Crippen LogP contribution is -2.35. The molecule has 8 aromatic carbocycles. The minimum Gasteiger partial charge on any atom is -0.495 e. The molecule has 0 saturated carbocycles. The summed E-state index contributed by atoms with van der Waals surface area (Å²) in [6.07, 6.45) is 11.9. The topological polar surface area (TPSA) is 446 Å². The molecular weight excluding hydrogens is 2300 g/mol. The highest BCUT2D eigenvalue weighted by atomic mass is 35.5. The number of ether oxygens (including phenoxy) is 1. The molecule has 0 radical (unpaired) electrons. The van der Waals surface area contributed by atoms with Crippen molar-refractivity contribution in [2.75, 3.05) is 42.7 Å². The molecule has 0 saturated heterocycles. The first-order chi connectivity index (χ1) is 71.3. The Morgan fingerprint density at radius 2 is 0.513 bits per heavy atom. The Morgan fingerprint density at radius 3 is 0.827 bits per heavy atom. The largest absolute Gasteiger partial charge is 0.495 e. The van der Waals surface area contributed by atoms with Crippen molar-refractivity contribution >= 4 is 246 Å². The lowest BCUT2D eigenvalue weighted by Gasteiger charge is -2.33. The van der Waals surface area contributed by atoms with Crippen LogP contribution in [0.1, 0.15) is 83.3 Å². The zero-order chi connectivity index (χ0) is 107. The summed E-state index contributed by atoms with van der Waals surface area (Å²) >= 11 is 69.9. The quantitative estimate of drug-likeness (QED) is 0.121. The molecule has 0 fully saturated rings. The van der Waals surface area contributed by atoms with E-state index < -0.39 is 60.1 Å². The summed E-state index contributed by atoms with van der Waals surface area (Å²) in [6.45, 7) is 11.7. The fourth-order valence-electron chi connectivity index (χ4n) is 17.0. The second kappa shape index (κ2) is 44.2. The van der Waals surface area contributed by atoms with Crippen LogP contribution in [0.25, 0.3) is 0 Å². The van der Waals surface area contributed by atoms with Crippen molar-refractivity contribution < 1.29 is 55.2 Å². The van der Waals surface area contributed by atoms with Crippen molar-refractivity contribution in [2.45, 2.75) is 121 Å². The van der Waals surface area contributed by atoms with E-state index in [1.165, 1.54) is 134 Å². The van der Waals surface area contributed by atoms with Gasteiger partial charge in [-0.25, -0.2) is 126 Å². The van der Waals surface area contributed by atoms with Crippen molar-refractivity contribution in [3.63, 3.8) is 0 Å². The number of halogens is 12. The Balaban J connectivity index is 0.000000117. The summed E-state index contributed by atoms with van der Waals surface area (Å²) in [7, 11) is -20.4. The molecule has 0 aliphatic carbocycles. The SMILES string of the molecule is CC1(C)c2ccccc2CN1c1ccnc(Cl)n1.CC1(C)c2ccccc2CN1c1ccnc(Cl)n1.COc1ccc2c(c1Cl)S(=O)(=O)N(c1ccnc(Cl)n1)C2.O=S1(=O)c2cc(Cl)ccc2CN1c1ccnc(Cl)n1.O=S1(=O)c2cccc(Cl)c2CN1c1ccnc(Cl)n1.O=S1(=O)c2cccc(Cl)c2CN1c1ccnc(Cl)n1.O=S1(=O)c2ccccc2CN1c1ccnc(Cl)n1.O=S1(=O)c2ccccc2CN1c1ccnc(Cl)n1. The van der Waals surface area contributed by atoms with Gasteiger partial charge in [-0.3, -0.25) is 0 Å². The third kappa shape index (κ3) is 22.4. The summed E-state index contributed by atoms with van der Waals surface area (Å²) in [5.41, 5.74) is 9.14. The van der Waals surface area contributed by atoms with E-state index in [0.29, 0.717) is 63.4 Å². The number of aromatic nitrogens is 16. The van der Waals surface area contributed by atoms with Crippen LogP contribution in [0.3, 0.4) is 0 Å². The number of rotatable bonds is 9. The number of anilines is 8. The maximum Gasteiger partial charge on any atom is 0.267 e. The van der Waals surface area contributed by atoms with Gasteiger partial charge in [0.05, 0.1) is 81.9 Å². The molecule has 0 bridgehead atoms. The molecule has 772 valence electrons. The molecule has 24 rings (SSSR count). The van der Waals surface area contributed by atoms with E-state index in [1.807, 2.05) is 24.3 Å². The van der Waals surface area contributed by atoms with E-state index in [9.17, 15) is 50.5 Å². The molecule has 37 nitrogen and oxygen atoms in total. The zero-order valence-corrected chi connectivity index (χ0v) is 92.0. The lowest BCUT2D eigenvalue weighted by molar-refractivity contribution is 0.413. The van der Waals surface area contributed by atoms with E-state index >= 15 is 0 Å². The molecule has 0 amide bonds. The van der Waals surface area contributed by atoms with Gasteiger partial charge in [0, 0.05) is 125 Å². The average molecular weight is 2380 g/mol. The summed E-state index contributed by atoms with van der Waals surface area (Å²) in [6, 6.07) is 61.3. The van der Waals surface area contributed by atoms with Gasteiger partial charge in [0.1, 0.15) is 62.2 Å². The van der Waals surface area contributed by atoms with E-state index in [2.05, 4.69) is 166 Å². The maximum atomic E-state index is 12.7. The standard InChI is InChI=1S/2C14H14ClN3.C12H9Cl2N3O3S.3C11H7Cl2N3O2S.2C11H8ClN3O2S/c2*1-14(2)11-6-4-3-5-10(11)9-18(14)12-7-8-16-13(15)17-12;1-20-8-3-2-7-6-17(9-4-5-15-12(14)16-9)21(18,19)11(7)10(8)13;12-8-2-1-7-6-16(19(17,18)9(7)5-8)10-3-4-14-11(13)15-10;2*12-8-2-1-3-9-7(8)6-16(19(9,17)18)10-4-5-14-11(13)15-10;2*12-11-13-6-5-10(14-11)15-7-8-3-1-2-4-9(8)18(15,16)17/h2*3-8H,9H2,1-2H3;2-5H,6H2,1H3;3*1-5H,6H2;2*1-6H,7H2. The predicted molar refractivity (Wildman–Crippen MR) is 573 cm³/mol. The second-order valence-corrected chi connectivity index (χ2v) is 48.9. The highest BCUT2D eigenvalue weighted by Gasteiger charge is 2.45. The molecule has 8 aromatic heterocycles. The molecule has 0 unspecified atom stereocenters. The van der Waals surface area contributed by atoms with Crippen molar-refractivity contribution in [3.05, 3.63) is 380 Å². The first-order valence-electron chi connectivity index (χ1n) is 43.9. The van der Waals surface area contributed by atoms with Gasteiger partial charge in [-0.1, -0.05) is 156 Å². The molecule has 0 N–H and O–H groups in total. The average Bonchev–Trinajstić information content (AvgIpc) is 1.58. The Labute approximate surface area is 921 Å². The number of hydrogen-bond donors (Lipinski definition) is 0. The van der Waals surface area contributed by atoms with Gasteiger partial charge in [-0.05, 0) is 232 Å². The minimum atomic E-state index is -3.81. The van der Waals surface area contributed by atoms with Crippen molar-refractivity contribution in [3.8, 4) is 5.75 Å². The highest BCUT2D eigenvalue weighted by molar-refractivity contribution is 7.94. The zero-order valence-electron chi connectivity index (χ0n) is 78.0. The number of nitrogens with zero attached hydrogens (tertiary/aromatic N) is 24. The van der Waals surface area contributed by atoms with Gasteiger partial charge in [0.25, 0.3) is 60.1 Å². The Morgan fingerprint density at radius 1 is 0.253 bits per heavy atom. The summed E-state index contributed by atoms with van der Waals surface area (Å²) in [4.78, 5) is 68.3. The monoisotopic (exact) mass is 2370 g/mol. The Bertz CT molecular complexity index is 8350. The summed E-state index contributed by atoms with van der Waals surface area (Å²) in [5, 5.41) is 1.89. The molecule has 8 aliphatic rings. The molecule has 16 heterocycles. The third-order valence-corrected chi connectivity index (χ3v) is 38.0. The van der Waals surface area contributed by atoms with Crippen LogP contribution in [0.15, 0.2) is 291 Å². The van der Waals surface area contributed by atoms with Crippen LogP contribution in [0.4, 0.5) is 46.5 Å². The normalized spacial score (nSPS) is 16.5. The van der Waals surface area contributed by atoms with Gasteiger partial charge in [0.2, 0.25) is 42.3 Å². The van der Waals surface area contributed by atoms with Crippen LogP contribution >= 0.6 is 139 Å². The van der Waals surface area contributed by atoms with E-state index in [4.69, 9.17) is 144 Å². The number of fused-ring (bicyclic) bond motifs is 8. The van der Waals surface area contributed by atoms with Gasteiger partial charge >= 0.3 is 0 Å². The highest BCUT2D eigenvalue weighted by Crippen LogP contribution is 2.48. The molecule has 0 spiro atoms. The van der Waals surface area contributed by atoms with Gasteiger partial charge in [-0.2, -0.15) is 29.9 Å². The first-order valence-corrected chi connectivity index (χ1v) is 57.1. The van der Waals surface area contributed by atoms with Crippen molar-refractivity contribution in [1.82, 2.24) is 79.7 Å². The minimum absolute atomic E-state index is 0.00156. The number of sulfonamides is 6. The molecule has 55 heteroatoms. The maximum absolute atomic E-state index is 12.7. The van der Waals surface area contributed by atoms with Crippen molar-refractivity contribution in [2.24, 2.45) is 0 Å². The van der Waals surface area contributed by atoms with Gasteiger partial charge < -0.3 is 14.5 Å². The van der Waals surface area contributed by atoms with Crippen LogP contribution in [0, 0.1) is 0 Å². The first kappa shape index (κ1) is 109. The predicted octanol–water partition coefficient (Wildman–Crippen LogP) is 20.4. The lowest BCUT2D eigenvalue weighted by atomic mass is 9.94. The van der Waals surface area contributed by atoms with Crippen LogP contribution in [0.5, 0.6) is 5.75 Å². The third-order valence-electron chi connectivity index (χ3n) is 24.1. The van der Waals surface area contributed by atoms with Crippen molar-refractivity contribution in [1.29, 1.82) is 0 Å². The Hall–Kier alpha value is -12.2. The van der Waals surface area contributed by atoms with E-state index in [0.717, 1.165) is 48.8 Å². The molecule has 150 heavy (non-hydrogen) atoms. The number of methoxy groups -OCH3 is 1. The smallest absolute Gasteiger partial charge is 0.267 e. The van der Waals surface area contributed by atoms with Crippen LogP contribution < -0.4 is 40.4 Å². The van der Waals surface area contributed by atoms with Crippen LogP contribution in [-0.2, 0) is 124 Å². The number of hydrogen-bond acceptors (Lipinski definition) is 31. The van der Waals surface area contributed by atoms with Crippen LogP contribution in [0.2, 0.25) is 62.4 Å². The number of benzene rings is 8. The molecular formula is C95H74Cl12N24O13S6.